The molecule has 0 aromatic carbocycles. The van der Waals surface area contributed by atoms with Crippen LogP contribution >= 0.6 is 0 Å². The summed E-state index contributed by atoms with van der Waals surface area (Å²) in [5, 5.41) is 5.22. The molecule has 2 rings (SSSR count). The van der Waals surface area contributed by atoms with Crippen molar-refractivity contribution in [2.45, 2.75) is 12.8 Å². The maximum absolute atomic E-state index is 11.2. The normalized spacial score (nSPS) is 23.2. The molecule has 0 aliphatic carbocycles. The van der Waals surface area contributed by atoms with E-state index in [9.17, 15) is 9.59 Å². The highest BCUT2D eigenvalue weighted by Crippen LogP contribution is 2.12. The Bertz CT molecular complexity index is 283. The average Bonchev–Trinajstić information content (AvgIpc) is 2.60. The van der Waals surface area contributed by atoms with Crippen LogP contribution in [0.4, 0.5) is 0 Å². The number of nitrogens with zero attached hydrogens (tertiary/aromatic N) is 3. The molecule has 70 valence electrons. The number of hydrazone groups is 1. The number of hydrogen-bond acceptors (Lipinski definition) is 6. The molecule has 2 N–H and O–H groups in total. The Hall–Kier alpha value is -1.63. The minimum absolute atomic E-state index is 0.214. The number of amides is 2. The van der Waals surface area contributed by atoms with Crippen LogP contribution in [0.2, 0.25) is 0 Å². The lowest BCUT2D eigenvalue weighted by atomic mass is 10.4. The number of imide groups is 1. The van der Waals surface area contributed by atoms with Gasteiger partial charge in [0, 0.05) is 19.9 Å². The number of likely N-dealkylation sites (tertiary alicyclic amines) is 1. The molecule has 2 aliphatic heterocycles. The molecule has 0 saturated carbocycles. The van der Waals surface area contributed by atoms with Crippen LogP contribution in [0.5, 0.6) is 0 Å². The third-order valence-corrected chi connectivity index (χ3v) is 1.84. The van der Waals surface area contributed by atoms with Gasteiger partial charge in [0.15, 0.2) is 0 Å². The average molecular weight is 183 g/mol. The molecule has 7 heteroatoms. The molecule has 7 nitrogen and oxygen atoms in total. The van der Waals surface area contributed by atoms with Crippen LogP contribution in [0.25, 0.3) is 0 Å². The van der Waals surface area contributed by atoms with E-state index in [-0.39, 0.29) is 30.6 Å². The van der Waals surface area contributed by atoms with E-state index in [4.69, 9.17) is 0 Å². The smallest absolute Gasteiger partial charge is 0.247 e. The lowest BCUT2D eigenvalue weighted by Crippen LogP contribution is -2.46. The Morgan fingerprint density at radius 2 is 1.92 bits per heavy atom. The lowest BCUT2D eigenvalue weighted by molar-refractivity contribution is -0.133. The second kappa shape index (κ2) is 2.70. The molecule has 0 aromatic heterocycles. The van der Waals surface area contributed by atoms with Gasteiger partial charge >= 0.3 is 0 Å². The third-order valence-electron chi connectivity index (χ3n) is 1.84. The van der Waals surface area contributed by atoms with Crippen LogP contribution in [0.1, 0.15) is 12.8 Å². The zero-order valence-electron chi connectivity index (χ0n) is 7.07. The van der Waals surface area contributed by atoms with Gasteiger partial charge in [-0.2, -0.15) is 0 Å². The first-order chi connectivity index (χ1) is 6.18. The monoisotopic (exact) mass is 183 g/mol. The van der Waals surface area contributed by atoms with E-state index in [1.807, 2.05) is 0 Å². The van der Waals surface area contributed by atoms with Gasteiger partial charge in [-0.3, -0.25) is 15.0 Å². The molecule has 0 aromatic rings. The second-order valence-corrected chi connectivity index (χ2v) is 2.83. The van der Waals surface area contributed by atoms with Gasteiger partial charge in [0.1, 0.15) is 0 Å². The van der Waals surface area contributed by atoms with Gasteiger partial charge in [-0.15, -0.1) is 10.2 Å². The van der Waals surface area contributed by atoms with Crippen molar-refractivity contribution >= 4 is 17.8 Å². The lowest BCUT2D eigenvalue weighted by Gasteiger charge is -2.13. The maximum atomic E-state index is 11.2. The topological polar surface area (TPSA) is 77.0 Å². The van der Waals surface area contributed by atoms with Gasteiger partial charge in [0.2, 0.25) is 17.8 Å². The van der Waals surface area contributed by atoms with Crippen molar-refractivity contribution in [3.63, 3.8) is 0 Å². The van der Waals surface area contributed by atoms with E-state index in [1.54, 1.807) is 7.05 Å². The van der Waals surface area contributed by atoms with Gasteiger partial charge in [0.25, 0.3) is 0 Å². The van der Waals surface area contributed by atoms with Gasteiger partial charge in [-0.05, 0) is 0 Å². The molecular formula is C6H9N5O2. The van der Waals surface area contributed by atoms with E-state index >= 15 is 0 Å². The number of carbonyl (C=O) groups is 2. The number of nitrogens with one attached hydrogen (secondary N) is 2. The molecule has 0 spiro atoms. The zero-order chi connectivity index (χ0) is 9.42. The predicted octanol–water partition coefficient (Wildman–Crippen LogP) is -1.64. The van der Waals surface area contributed by atoms with Crippen molar-refractivity contribution in [2.75, 3.05) is 7.05 Å². The van der Waals surface area contributed by atoms with Crippen molar-refractivity contribution in [1.82, 2.24) is 21.0 Å². The van der Waals surface area contributed by atoms with Gasteiger partial charge in [-0.1, -0.05) is 0 Å². The summed E-state index contributed by atoms with van der Waals surface area (Å²) in [7, 11) is 1.68. The minimum Gasteiger partial charge on any atom is -0.274 e. The molecule has 2 amide bonds. The molecule has 0 radical (unpaired) electrons. The Balaban J connectivity index is 2.16. The van der Waals surface area contributed by atoms with E-state index in [0.29, 0.717) is 0 Å². The predicted molar refractivity (Wildman–Crippen MR) is 42.6 cm³/mol. The highest BCUT2D eigenvalue weighted by molar-refractivity contribution is 6.15. The van der Waals surface area contributed by atoms with E-state index in [1.165, 1.54) is 5.12 Å². The summed E-state index contributed by atoms with van der Waals surface area (Å²) >= 11 is 0. The van der Waals surface area contributed by atoms with Crippen molar-refractivity contribution in [1.29, 1.82) is 0 Å². The van der Waals surface area contributed by atoms with Crippen LogP contribution < -0.4 is 11.0 Å². The summed E-state index contributed by atoms with van der Waals surface area (Å²) in [4.78, 5) is 23.5. The van der Waals surface area contributed by atoms with Crippen LogP contribution in [0.15, 0.2) is 5.10 Å². The summed E-state index contributed by atoms with van der Waals surface area (Å²) in [5.74, 6) is -0.184. The number of carbonyl (C=O) groups excluding carboxylic acids is 2. The molecule has 13 heavy (non-hydrogen) atoms. The Morgan fingerprint density at radius 1 is 1.31 bits per heavy atom. The number of hydrogen-bond donors (Lipinski definition) is 2. The fourth-order valence-electron chi connectivity index (χ4n) is 1.24. The molecule has 0 unspecified atom stereocenters. The molecule has 0 atom stereocenters. The first-order valence-electron chi connectivity index (χ1n) is 3.88. The summed E-state index contributed by atoms with van der Waals surface area (Å²) in [6.07, 6.45) is 0.534. The van der Waals surface area contributed by atoms with E-state index in [0.717, 1.165) is 4.90 Å². The Kier molecular flexibility index (Phi) is 1.66. The number of guanidine groups is 1. The van der Waals surface area contributed by atoms with Crippen LogP contribution in [-0.4, -0.2) is 34.8 Å². The molecule has 0 bridgehead atoms. The fourth-order valence-corrected chi connectivity index (χ4v) is 1.24. The van der Waals surface area contributed by atoms with Crippen LogP contribution in [-0.2, 0) is 9.59 Å². The highest BCUT2D eigenvalue weighted by atomic mass is 16.2. The Morgan fingerprint density at radius 3 is 2.38 bits per heavy atom. The second-order valence-electron chi connectivity index (χ2n) is 2.83. The van der Waals surface area contributed by atoms with Crippen molar-refractivity contribution in [2.24, 2.45) is 5.10 Å². The van der Waals surface area contributed by atoms with Crippen LogP contribution in [0, 0.1) is 0 Å². The largest absolute Gasteiger partial charge is 0.274 e. The standard InChI is InChI=1S/C6H9N5O2/c1-10-8-6(7-9-10)11-4(12)2-3-5(11)13/h9H,2-3H2,1H3,(H,7,8). The molecule has 2 heterocycles. The van der Waals surface area contributed by atoms with Crippen LogP contribution in [0.3, 0.4) is 0 Å². The summed E-state index contributed by atoms with van der Waals surface area (Å²) < 4.78 is 0. The van der Waals surface area contributed by atoms with Gasteiger partial charge in [-0.25, -0.2) is 10.4 Å². The first-order valence-corrected chi connectivity index (χ1v) is 3.88. The van der Waals surface area contributed by atoms with Crippen molar-refractivity contribution in [3.8, 4) is 0 Å². The van der Waals surface area contributed by atoms with E-state index < -0.39 is 0 Å². The minimum atomic E-state index is -0.214. The number of hydrazine groups is 2. The third kappa shape index (κ3) is 1.22. The Labute approximate surface area is 74.3 Å². The molecule has 1 fully saturated rings. The van der Waals surface area contributed by atoms with E-state index in [2.05, 4.69) is 16.1 Å². The maximum Gasteiger partial charge on any atom is 0.247 e. The summed E-state index contributed by atoms with van der Waals surface area (Å²) in [6, 6.07) is 0. The highest BCUT2D eigenvalue weighted by Gasteiger charge is 2.35. The molecule has 2 aliphatic rings. The first kappa shape index (κ1) is 7.99. The zero-order valence-corrected chi connectivity index (χ0v) is 7.07. The van der Waals surface area contributed by atoms with Gasteiger partial charge < -0.3 is 0 Å². The molecule has 1 saturated heterocycles. The summed E-state index contributed by atoms with van der Waals surface area (Å²) in [5.41, 5.74) is 5.26. The SMILES string of the molecule is CN1NN=C(N2C(=O)CCC2=O)N1. The summed E-state index contributed by atoms with van der Waals surface area (Å²) in [6.45, 7) is 0. The molecular weight excluding hydrogens is 174 g/mol. The fraction of sp³-hybridized carbons (Fsp3) is 0.500. The van der Waals surface area contributed by atoms with Crippen molar-refractivity contribution < 1.29 is 9.59 Å². The van der Waals surface area contributed by atoms with Crippen molar-refractivity contribution in [3.05, 3.63) is 0 Å². The van der Waals surface area contributed by atoms with Gasteiger partial charge in [0.05, 0.1) is 0 Å². The quantitative estimate of drug-likeness (QED) is 0.440. The number of rotatable bonds is 0.